The molecule has 0 aliphatic heterocycles. The number of pyridine rings is 1. The summed E-state index contributed by atoms with van der Waals surface area (Å²) < 4.78 is 54.9. The Morgan fingerprint density at radius 1 is 0.600 bits per heavy atom. The first-order chi connectivity index (χ1) is 14.0. The van der Waals surface area contributed by atoms with Crippen molar-refractivity contribution in [3.05, 3.63) is 74.7 Å². The summed E-state index contributed by atoms with van der Waals surface area (Å²) in [5.41, 5.74) is 0. The van der Waals surface area contributed by atoms with Gasteiger partial charge in [0.25, 0.3) is 20.0 Å². The molecular formula is C17H11Cl4N3O4S2. The second-order valence-electron chi connectivity index (χ2n) is 5.72. The lowest BCUT2D eigenvalue weighted by Crippen LogP contribution is -2.17. The third kappa shape index (κ3) is 4.93. The molecule has 0 saturated carbocycles. The van der Waals surface area contributed by atoms with Crippen molar-refractivity contribution in [2.24, 2.45) is 0 Å². The number of aromatic nitrogens is 1. The van der Waals surface area contributed by atoms with Crippen LogP contribution in [0.2, 0.25) is 20.1 Å². The number of hydrogen-bond acceptors (Lipinski definition) is 5. The van der Waals surface area contributed by atoms with E-state index in [-0.39, 0.29) is 41.5 Å². The van der Waals surface area contributed by atoms with Crippen molar-refractivity contribution in [1.82, 2.24) is 4.98 Å². The molecule has 0 amide bonds. The van der Waals surface area contributed by atoms with Gasteiger partial charge in [0.15, 0.2) is 0 Å². The fourth-order valence-corrected chi connectivity index (χ4v) is 5.84. The molecule has 2 N–H and O–H groups in total. The molecule has 13 heteroatoms. The summed E-state index contributed by atoms with van der Waals surface area (Å²) in [5, 5.41) is -0.182. The molecule has 0 atom stereocenters. The molecule has 3 rings (SSSR count). The Bertz CT molecular complexity index is 1230. The maximum atomic E-state index is 12.6. The zero-order valence-corrected chi connectivity index (χ0v) is 19.3. The van der Waals surface area contributed by atoms with Gasteiger partial charge in [0.05, 0.1) is 20.1 Å². The number of benzene rings is 2. The van der Waals surface area contributed by atoms with Crippen molar-refractivity contribution >= 4 is 78.1 Å². The van der Waals surface area contributed by atoms with Crippen molar-refractivity contribution < 1.29 is 16.8 Å². The molecule has 0 fully saturated rings. The molecule has 2 aromatic carbocycles. The molecule has 30 heavy (non-hydrogen) atoms. The fraction of sp³-hybridized carbons (Fsp3) is 0. The standard InChI is InChI=1S/C17H11Cl4N3O4S2/c18-10-4-1-6-12(16(10)20)29(25,26)23-14-8-3-9-15(22-14)24-30(27,28)13-7-2-5-11(19)17(13)21/h1-9H,(H2,22,23,24). The van der Waals surface area contributed by atoms with E-state index >= 15 is 0 Å². The van der Waals surface area contributed by atoms with E-state index in [4.69, 9.17) is 46.4 Å². The van der Waals surface area contributed by atoms with Crippen LogP contribution in [0.3, 0.4) is 0 Å². The highest BCUT2D eigenvalue weighted by Gasteiger charge is 2.22. The summed E-state index contributed by atoms with van der Waals surface area (Å²) in [5.74, 6) is -0.299. The summed E-state index contributed by atoms with van der Waals surface area (Å²) in [6.07, 6.45) is 0. The third-order valence-electron chi connectivity index (χ3n) is 3.64. The molecule has 0 saturated heterocycles. The van der Waals surface area contributed by atoms with Crippen molar-refractivity contribution in [1.29, 1.82) is 0 Å². The molecule has 0 radical (unpaired) electrons. The zero-order chi connectivity index (χ0) is 22.1. The van der Waals surface area contributed by atoms with Crippen molar-refractivity contribution in [2.45, 2.75) is 9.79 Å². The lowest BCUT2D eigenvalue weighted by molar-refractivity contribution is 0.599. The normalized spacial score (nSPS) is 11.9. The maximum Gasteiger partial charge on any atom is 0.264 e. The Balaban J connectivity index is 1.90. The first-order valence-electron chi connectivity index (χ1n) is 7.92. The van der Waals surface area contributed by atoms with Crippen LogP contribution in [0, 0.1) is 0 Å². The summed E-state index contributed by atoms with van der Waals surface area (Å²) in [6, 6.07) is 12.3. The average Bonchev–Trinajstić information content (AvgIpc) is 2.65. The smallest absolute Gasteiger partial charge is 0.263 e. The number of nitrogens with one attached hydrogen (secondary N) is 2. The van der Waals surface area contributed by atoms with Crippen LogP contribution in [-0.2, 0) is 20.0 Å². The van der Waals surface area contributed by atoms with E-state index in [1.165, 1.54) is 54.6 Å². The average molecular weight is 527 g/mol. The fourth-order valence-electron chi connectivity index (χ4n) is 2.32. The molecule has 7 nitrogen and oxygen atoms in total. The Morgan fingerprint density at radius 3 is 1.37 bits per heavy atom. The topological polar surface area (TPSA) is 105 Å². The molecule has 1 aromatic heterocycles. The molecular weight excluding hydrogens is 516 g/mol. The Hall–Kier alpha value is -1.75. The summed E-state index contributed by atoms with van der Waals surface area (Å²) >= 11 is 23.7. The number of nitrogens with zero attached hydrogens (tertiary/aromatic N) is 1. The number of anilines is 2. The van der Waals surface area contributed by atoms with Crippen LogP contribution in [0.4, 0.5) is 11.6 Å². The van der Waals surface area contributed by atoms with Crippen LogP contribution < -0.4 is 9.44 Å². The second kappa shape index (κ2) is 8.78. The number of sulfonamides is 2. The van der Waals surface area contributed by atoms with E-state index in [9.17, 15) is 16.8 Å². The maximum absolute atomic E-state index is 12.6. The predicted octanol–water partition coefficient (Wildman–Crippen LogP) is 5.30. The summed E-state index contributed by atoms with van der Waals surface area (Å²) in [6.45, 7) is 0. The SMILES string of the molecule is O=S(=O)(Nc1cccc(NS(=O)(=O)c2cccc(Cl)c2Cl)n1)c1cccc(Cl)c1Cl. The molecule has 0 unspecified atom stereocenters. The van der Waals surface area contributed by atoms with Crippen LogP contribution in [-0.4, -0.2) is 21.8 Å². The van der Waals surface area contributed by atoms with Gasteiger partial charge in [0.1, 0.15) is 21.4 Å². The van der Waals surface area contributed by atoms with Gasteiger partial charge in [-0.1, -0.05) is 64.6 Å². The van der Waals surface area contributed by atoms with Gasteiger partial charge in [0, 0.05) is 0 Å². The molecule has 0 aliphatic carbocycles. The van der Waals surface area contributed by atoms with Crippen LogP contribution in [0.1, 0.15) is 0 Å². The van der Waals surface area contributed by atoms with Gasteiger partial charge < -0.3 is 0 Å². The van der Waals surface area contributed by atoms with E-state index in [1.54, 1.807) is 0 Å². The first-order valence-corrected chi connectivity index (χ1v) is 12.4. The number of hydrogen-bond donors (Lipinski definition) is 2. The Morgan fingerprint density at radius 2 is 0.967 bits per heavy atom. The zero-order valence-electron chi connectivity index (χ0n) is 14.6. The van der Waals surface area contributed by atoms with Crippen molar-refractivity contribution in [3.63, 3.8) is 0 Å². The molecule has 0 spiro atoms. The molecule has 1 heterocycles. The van der Waals surface area contributed by atoms with E-state index < -0.39 is 20.0 Å². The van der Waals surface area contributed by atoms with Crippen LogP contribution in [0.15, 0.2) is 64.4 Å². The minimum atomic E-state index is -4.14. The molecule has 0 aliphatic rings. The van der Waals surface area contributed by atoms with Gasteiger partial charge in [-0.25, -0.2) is 21.8 Å². The second-order valence-corrected chi connectivity index (χ2v) is 10.6. The highest BCUT2D eigenvalue weighted by atomic mass is 35.5. The lowest BCUT2D eigenvalue weighted by Gasteiger charge is -2.12. The van der Waals surface area contributed by atoms with Crippen molar-refractivity contribution in [2.75, 3.05) is 9.44 Å². The van der Waals surface area contributed by atoms with Gasteiger partial charge >= 0.3 is 0 Å². The van der Waals surface area contributed by atoms with Gasteiger partial charge in [-0.2, -0.15) is 0 Å². The number of rotatable bonds is 6. The highest BCUT2D eigenvalue weighted by Crippen LogP contribution is 2.31. The lowest BCUT2D eigenvalue weighted by atomic mass is 10.4. The highest BCUT2D eigenvalue weighted by molar-refractivity contribution is 7.93. The summed E-state index contributed by atoms with van der Waals surface area (Å²) in [7, 11) is -8.27. The van der Waals surface area contributed by atoms with E-state index in [0.717, 1.165) is 0 Å². The van der Waals surface area contributed by atoms with Crippen molar-refractivity contribution in [3.8, 4) is 0 Å². The van der Waals surface area contributed by atoms with Crippen LogP contribution in [0.25, 0.3) is 0 Å². The van der Waals surface area contributed by atoms with E-state index in [0.29, 0.717) is 0 Å². The quantitative estimate of drug-likeness (QED) is 0.453. The van der Waals surface area contributed by atoms with E-state index in [2.05, 4.69) is 14.4 Å². The predicted molar refractivity (Wildman–Crippen MR) is 119 cm³/mol. The van der Waals surface area contributed by atoms with Gasteiger partial charge in [0.2, 0.25) is 0 Å². The van der Waals surface area contributed by atoms with Gasteiger partial charge in [-0.05, 0) is 36.4 Å². The van der Waals surface area contributed by atoms with E-state index in [1.807, 2.05) is 0 Å². The molecule has 0 bridgehead atoms. The van der Waals surface area contributed by atoms with Crippen LogP contribution >= 0.6 is 46.4 Å². The molecule has 3 aromatic rings. The first kappa shape index (κ1) is 22.9. The minimum absolute atomic E-state index is 0.0624. The Kier molecular flexibility index (Phi) is 6.71. The third-order valence-corrected chi connectivity index (χ3v) is 8.29. The largest absolute Gasteiger partial charge is 0.264 e. The molecule has 158 valence electrons. The number of halogens is 4. The van der Waals surface area contributed by atoms with Gasteiger partial charge in [-0.3, -0.25) is 9.44 Å². The minimum Gasteiger partial charge on any atom is -0.263 e. The Labute approximate surface area is 193 Å². The monoisotopic (exact) mass is 525 g/mol. The van der Waals surface area contributed by atoms with Gasteiger partial charge in [-0.15, -0.1) is 0 Å². The summed E-state index contributed by atoms with van der Waals surface area (Å²) in [4.78, 5) is 3.46. The van der Waals surface area contributed by atoms with Crippen LogP contribution in [0.5, 0.6) is 0 Å².